The third-order valence-corrected chi connectivity index (χ3v) is 5.77. The van der Waals surface area contributed by atoms with Crippen LogP contribution < -0.4 is 4.90 Å². The van der Waals surface area contributed by atoms with Gasteiger partial charge in [-0.1, -0.05) is 42.0 Å². The smallest absolute Gasteiger partial charge is 0.285 e. The Morgan fingerprint density at radius 2 is 1.71 bits per heavy atom. The molecule has 2 aromatic carbocycles. The van der Waals surface area contributed by atoms with Crippen molar-refractivity contribution in [1.82, 2.24) is 4.31 Å². The molecule has 1 fully saturated rings. The maximum absolute atomic E-state index is 12.8. The lowest BCUT2D eigenvalue weighted by Gasteiger charge is -2.21. The van der Waals surface area contributed by atoms with E-state index in [0.717, 1.165) is 9.87 Å². The minimum Gasteiger partial charge on any atom is -0.285 e. The third-order valence-electron chi connectivity index (χ3n) is 4.02. The molecular weight excluding hydrogens is 324 g/mol. The fourth-order valence-corrected chi connectivity index (χ4v) is 4.08. The van der Waals surface area contributed by atoms with Gasteiger partial charge >= 0.3 is 6.03 Å². The predicted molar refractivity (Wildman–Crippen MR) is 93.4 cm³/mol. The van der Waals surface area contributed by atoms with E-state index in [0.29, 0.717) is 5.69 Å². The molecule has 0 spiro atoms. The Kier molecular flexibility index (Phi) is 4.15. The van der Waals surface area contributed by atoms with Crippen molar-refractivity contribution >= 4 is 21.7 Å². The quantitative estimate of drug-likeness (QED) is 0.802. The topological polar surface area (TPSA) is 57.7 Å². The summed E-state index contributed by atoms with van der Waals surface area (Å²) >= 11 is 0. The van der Waals surface area contributed by atoms with Gasteiger partial charge in [0.05, 0.1) is 17.5 Å². The Balaban J connectivity index is 1.99. The average molecular weight is 342 g/mol. The van der Waals surface area contributed by atoms with E-state index in [2.05, 4.69) is 6.58 Å². The molecule has 1 heterocycles. The van der Waals surface area contributed by atoms with Crippen LogP contribution in [-0.2, 0) is 10.0 Å². The molecule has 0 aliphatic carbocycles. The number of amides is 2. The summed E-state index contributed by atoms with van der Waals surface area (Å²) in [7, 11) is -3.89. The number of nitrogens with zero attached hydrogens (tertiary/aromatic N) is 2. The van der Waals surface area contributed by atoms with Gasteiger partial charge in [-0.05, 0) is 31.2 Å². The summed E-state index contributed by atoms with van der Waals surface area (Å²) in [5.41, 5.74) is 1.60. The number of hydrogen-bond acceptors (Lipinski definition) is 3. The van der Waals surface area contributed by atoms with Gasteiger partial charge in [0.1, 0.15) is 0 Å². The van der Waals surface area contributed by atoms with Gasteiger partial charge in [0.15, 0.2) is 0 Å². The molecule has 3 rings (SSSR count). The van der Waals surface area contributed by atoms with Crippen LogP contribution in [0.1, 0.15) is 5.56 Å². The molecule has 124 valence electrons. The van der Waals surface area contributed by atoms with Crippen molar-refractivity contribution in [2.45, 2.75) is 17.9 Å². The Morgan fingerprint density at radius 3 is 2.29 bits per heavy atom. The number of carbonyl (C=O) groups excluding carboxylic acids is 1. The lowest BCUT2D eigenvalue weighted by molar-refractivity contribution is 0.239. The fourth-order valence-electron chi connectivity index (χ4n) is 2.70. The number of sulfonamides is 1. The number of para-hydroxylation sites is 1. The van der Waals surface area contributed by atoms with Crippen molar-refractivity contribution in [3.05, 3.63) is 72.8 Å². The van der Waals surface area contributed by atoms with E-state index in [1.165, 1.54) is 17.0 Å². The molecule has 0 aromatic heterocycles. The van der Waals surface area contributed by atoms with Gasteiger partial charge in [-0.25, -0.2) is 17.5 Å². The second kappa shape index (κ2) is 6.13. The molecule has 2 aromatic rings. The molecule has 24 heavy (non-hydrogen) atoms. The van der Waals surface area contributed by atoms with E-state index in [-0.39, 0.29) is 11.4 Å². The van der Waals surface area contributed by atoms with E-state index in [9.17, 15) is 13.2 Å². The fraction of sp³-hybridized carbons (Fsp3) is 0.167. The number of hydrogen-bond donors (Lipinski definition) is 0. The van der Waals surface area contributed by atoms with Gasteiger partial charge in [0.25, 0.3) is 10.0 Å². The average Bonchev–Trinajstić information content (AvgIpc) is 2.93. The summed E-state index contributed by atoms with van der Waals surface area (Å²) in [6.45, 7) is 5.66. The SMILES string of the molecule is C=C[C@H]1CN(S(=O)(=O)c2ccc(C)cc2)C(=O)N1c1ccccc1. The Bertz CT molecular complexity index is 861. The zero-order chi connectivity index (χ0) is 17.3. The van der Waals surface area contributed by atoms with Crippen molar-refractivity contribution in [2.24, 2.45) is 0 Å². The first kappa shape index (κ1) is 16.3. The van der Waals surface area contributed by atoms with Gasteiger partial charge < -0.3 is 0 Å². The second-order valence-corrected chi connectivity index (χ2v) is 7.50. The molecule has 2 amide bonds. The lowest BCUT2D eigenvalue weighted by Crippen LogP contribution is -2.37. The zero-order valence-corrected chi connectivity index (χ0v) is 14.1. The third kappa shape index (κ3) is 2.69. The van der Waals surface area contributed by atoms with Crippen LogP contribution >= 0.6 is 0 Å². The highest BCUT2D eigenvalue weighted by Crippen LogP contribution is 2.29. The van der Waals surface area contributed by atoms with Crippen LogP contribution in [0.4, 0.5) is 10.5 Å². The van der Waals surface area contributed by atoms with Gasteiger partial charge in [-0.15, -0.1) is 6.58 Å². The molecule has 5 nitrogen and oxygen atoms in total. The maximum Gasteiger partial charge on any atom is 0.339 e. The van der Waals surface area contributed by atoms with E-state index in [1.54, 1.807) is 42.5 Å². The van der Waals surface area contributed by atoms with Crippen molar-refractivity contribution in [2.75, 3.05) is 11.4 Å². The van der Waals surface area contributed by atoms with Crippen LogP contribution in [0.5, 0.6) is 0 Å². The normalized spacial score (nSPS) is 18.0. The van der Waals surface area contributed by atoms with Gasteiger partial charge in [-0.3, -0.25) is 4.90 Å². The maximum atomic E-state index is 12.8. The molecule has 0 unspecified atom stereocenters. The van der Waals surface area contributed by atoms with Crippen molar-refractivity contribution in [1.29, 1.82) is 0 Å². The number of benzene rings is 2. The molecule has 0 N–H and O–H groups in total. The van der Waals surface area contributed by atoms with Gasteiger partial charge in [0.2, 0.25) is 0 Å². The first-order valence-corrected chi connectivity index (χ1v) is 8.99. The van der Waals surface area contributed by atoms with Crippen LogP contribution in [0.25, 0.3) is 0 Å². The van der Waals surface area contributed by atoms with Gasteiger partial charge in [-0.2, -0.15) is 0 Å². The van der Waals surface area contributed by atoms with E-state index in [1.807, 2.05) is 13.0 Å². The Hall–Kier alpha value is -2.60. The second-order valence-electron chi connectivity index (χ2n) is 5.64. The van der Waals surface area contributed by atoms with E-state index < -0.39 is 22.1 Å². The monoisotopic (exact) mass is 342 g/mol. The number of aryl methyl sites for hydroxylation is 1. The van der Waals surface area contributed by atoms with Crippen LogP contribution in [0.3, 0.4) is 0 Å². The van der Waals surface area contributed by atoms with E-state index >= 15 is 0 Å². The molecule has 1 saturated heterocycles. The largest absolute Gasteiger partial charge is 0.339 e. The van der Waals surface area contributed by atoms with Crippen LogP contribution in [0.2, 0.25) is 0 Å². The Morgan fingerprint density at radius 1 is 1.08 bits per heavy atom. The summed E-state index contributed by atoms with van der Waals surface area (Å²) in [6.07, 6.45) is 1.59. The predicted octanol–water partition coefficient (Wildman–Crippen LogP) is 3.18. The molecule has 1 atom stereocenters. The summed E-state index contributed by atoms with van der Waals surface area (Å²) in [4.78, 5) is 14.4. The molecular formula is C18H18N2O3S. The number of anilines is 1. The standard InChI is InChI=1S/C18H18N2O3S/c1-3-15-13-19(18(21)20(15)16-7-5-4-6-8-16)24(22,23)17-11-9-14(2)10-12-17/h3-12,15H,1,13H2,2H3/t15-/m0/s1. The molecule has 0 radical (unpaired) electrons. The molecule has 1 aliphatic rings. The highest BCUT2D eigenvalue weighted by molar-refractivity contribution is 7.89. The van der Waals surface area contributed by atoms with Crippen LogP contribution in [-0.4, -0.2) is 31.3 Å². The summed E-state index contributed by atoms with van der Waals surface area (Å²) < 4.78 is 26.6. The van der Waals surface area contributed by atoms with Crippen LogP contribution in [0.15, 0.2) is 72.1 Å². The minimum atomic E-state index is -3.89. The summed E-state index contributed by atoms with van der Waals surface area (Å²) in [5, 5.41) is 0. The molecule has 0 saturated carbocycles. The lowest BCUT2D eigenvalue weighted by atomic mass is 10.2. The highest BCUT2D eigenvalue weighted by Gasteiger charge is 2.43. The first-order chi connectivity index (χ1) is 11.4. The minimum absolute atomic E-state index is 0.0490. The summed E-state index contributed by atoms with van der Waals surface area (Å²) in [6, 6.07) is 14.5. The molecule has 0 bridgehead atoms. The van der Waals surface area contributed by atoms with Crippen LogP contribution in [0, 0.1) is 6.92 Å². The van der Waals surface area contributed by atoms with E-state index in [4.69, 9.17) is 0 Å². The Labute approximate surface area is 141 Å². The first-order valence-electron chi connectivity index (χ1n) is 7.55. The van der Waals surface area contributed by atoms with Crippen molar-refractivity contribution in [3.8, 4) is 0 Å². The van der Waals surface area contributed by atoms with Crippen molar-refractivity contribution in [3.63, 3.8) is 0 Å². The number of carbonyl (C=O) groups is 1. The molecule has 6 heteroatoms. The number of rotatable bonds is 4. The van der Waals surface area contributed by atoms with Crippen molar-refractivity contribution < 1.29 is 13.2 Å². The van der Waals surface area contributed by atoms with Gasteiger partial charge in [0, 0.05) is 5.69 Å². The highest BCUT2D eigenvalue weighted by atomic mass is 32.2. The zero-order valence-electron chi connectivity index (χ0n) is 13.3. The summed E-state index contributed by atoms with van der Waals surface area (Å²) in [5.74, 6) is 0. The number of urea groups is 1. The molecule has 1 aliphatic heterocycles.